The van der Waals surface area contributed by atoms with Crippen LogP contribution in [0.4, 0.5) is 0 Å². The monoisotopic (exact) mass is 399 g/mol. The first kappa shape index (κ1) is 20.8. The van der Waals surface area contributed by atoms with E-state index in [0.29, 0.717) is 0 Å². The molecule has 0 saturated heterocycles. The molecule has 5 aliphatic rings. The molecule has 1 heteroatoms. The van der Waals surface area contributed by atoms with Gasteiger partial charge in [0.25, 0.3) is 0 Å². The van der Waals surface area contributed by atoms with Gasteiger partial charge in [0.2, 0.25) is 0 Å². The summed E-state index contributed by atoms with van der Waals surface area (Å²) in [6.07, 6.45) is 22.8. The van der Waals surface area contributed by atoms with Crippen LogP contribution >= 0.6 is 0 Å². The number of rotatable bonds is 3. The fraction of sp³-hybridized carbons (Fsp3) is 1.00. The van der Waals surface area contributed by atoms with Gasteiger partial charge in [-0.05, 0) is 125 Å². The van der Waals surface area contributed by atoms with Crippen LogP contribution in [0.25, 0.3) is 0 Å². The first-order chi connectivity index (χ1) is 14.1. The van der Waals surface area contributed by atoms with Gasteiger partial charge in [-0.1, -0.05) is 33.6 Å². The van der Waals surface area contributed by atoms with E-state index in [9.17, 15) is 0 Å². The molecule has 5 fully saturated rings. The number of hydrogen-bond acceptors (Lipinski definition) is 1. The van der Waals surface area contributed by atoms with Crippen LogP contribution in [0.15, 0.2) is 0 Å². The molecule has 1 nitrogen and oxygen atoms in total. The van der Waals surface area contributed by atoms with Crippen LogP contribution < -0.4 is 0 Å². The SMILES string of the molecule is CC1CCC(N(C2CCC(C)CC2)C2CCC3C(C2)C(C)C2CCCCC23)CC1. The van der Waals surface area contributed by atoms with E-state index in [1.807, 2.05) is 0 Å². The lowest BCUT2D eigenvalue weighted by molar-refractivity contribution is -0.0103. The summed E-state index contributed by atoms with van der Waals surface area (Å²) < 4.78 is 0. The second-order valence-corrected chi connectivity index (χ2v) is 12.5. The molecule has 6 atom stereocenters. The van der Waals surface area contributed by atoms with Gasteiger partial charge in [0.05, 0.1) is 0 Å². The summed E-state index contributed by atoms with van der Waals surface area (Å²) in [5, 5.41) is 0. The van der Waals surface area contributed by atoms with E-state index in [0.717, 1.165) is 59.6 Å². The molecule has 29 heavy (non-hydrogen) atoms. The summed E-state index contributed by atoms with van der Waals surface area (Å²) in [5.41, 5.74) is 0. The Balaban J connectivity index is 1.32. The van der Waals surface area contributed by atoms with Gasteiger partial charge in [-0.2, -0.15) is 0 Å². The maximum absolute atomic E-state index is 3.21. The Labute approximate surface area is 181 Å². The molecule has 0 spiro atoms. The van der Waals surface area contributed by atoms with Crippen LogP contribution in [0.2, 0.25) is 0 Å². The van der Waals surface area contributed by atoms with Crippen molar-refractivity contribution >= 4 is 0 Å². The highest BCUT2D eigenvalue weighted by Gasteiger charge is 2.51. The zero-order chi connectivity index (χ0) is 20.0. The molecule has 5 saturated carbocycles. The molecule has 6 unspecified atom stereocenters. The summed E-state index contributed by atoms with van der Waals surface area (Å²) in [4.78, 5) is 3.21. The van der Waals surface area contributed by atoms with Crippen molar-refractivity contribution in [1.82, 2.24) is 4.90 Å². The second-order valence-electron chi connectivity index (χ2n) is 12.5. The molecule has 0 amide bonds. The molecule has 0 bridgehead atoms. The maximum atomic E-state index is 3.21. The Bertz CT molecular complexity index is 504. The lowest BCUT2D eigenvalue weighted by atomic mass is 9.71. The Morgan fingerprint density at radius 3 is 1.52 bits per heavy atom. The average molecular weight is 400 g/mol. The van der Waals surface area contributed by atoms with Crippen molar-refractivity contribution < 1.29 is 0 Å². The summed E-state index contributed by atoms with van der Waals surface area (Å²) in [5.74, 6) is 7.36. The number of nitrogens with zero attached hydrogens (tertiary/aromatic N) is 1. The lowest BCUT2D eigenvalue weighted by Gasteiger charge is -2.50. The normalized spacial score (nSPS) is 50.9. The summed E-state index contributed by atoms with van der Waals surface area (Å²) in [6.45, 7) is 7.66. The van der Waals surface area contributed by atoms with Gasteiger partial charge in [-0.15, -0.1) is 0 Å². The number of hydrogen-bond donors (Lipinski definition) is 0. The standard InChI is InChI=1S/C28H49N/c1-19-8-12-22(13-9-19)29(23-14-10-20(2)11-15-23)24-16-17-27-26-7-5-4-6-25(26)21(3)28(27)18-24/h19-28H,4-18H2,1-3H3. The predicted molar refractivity (Wildman–Crippen MR) is 124 cm³/mol. The van der Waals surface area contributed by atoms with Crippen molar-refractivity contribution in [2.24, 2.45) is 41.4 Å². The van der Waals surface area contributed by atoms with Gasteiger partial charge in [-0.3, -0.25) is 4.90 Å². The minimum Gasteiger partial charge on any atom is -0.294 e. The predicted octanol–water partition coefficient (Wildman–Crippen LogP) is 7.69. The Hall–Kier alpha value is -0.0400. The van der Waals surface area contributed by atoms with E-state index < -0.39 is 0 Å². The van der Waals surface area contributed by atoms with Crippen LogP contribution in [0, 0.1) is 41.4 Å². The molecular formula is C28H49N. The highest BCUT2D eigenvalue weighted by atomic mass is 15.2. The number of fused-ring (bicyclic) bond motifs is 3. The first-order valence-corrected chi connectivity index (χ1v) is 13.9. The van der Waals surface area contributed by atoms with Crippen molar-refractivity contribution in [3.8, 4) is 0 Å². The zero-order valence-corrected chi connectivity index (χ0v) is 19.8. The summed E-state index contributed by atoms with van der Waals surface area (Å²) >= 11 is 0. The van der Waals surface area contributed by atoms with E-state index in [1.165, 1.54) is 70.6 Å². The third kappa shape index (κ3) is 4.08. The quantitative estimate of drug-likeness (QED) is 0.470. The molecule has 0 N–H and O–H groups in total. The van der Waals surface area contributed by atoms with Crippen molar-refractivity contribution in [2.45, 2.75) is 135 Å². The van der Waals surface area contributed by atoms with E-state index in [1.54, 1.807) is 25.7 Å². The highest BCUT2D eigenvalue weighted by molar-refractivity contribution is 5.02. The van der Waals surface area contributed by atoms with E-state index in [-0.39, 0.29) is 0 Å². The Kier molecular flexibility index (Phi) is 6.35. The third-order valence-electron chi connectivity index (χ3n) is 10.9. The van der Waals surface area contributed by atoms with E-state index in [4.69, 9.17) is 0 Å². The van der Waals surface area contributed by atoms with Crippen molar-refractivity contribution in [3.05, 3.63) is 0 Å². The van der Waals surface area contributed by atoms with Gasteiger partial charge in [0.1, 0.15) is 0 Å². The molecule has 0 heterocycles. The first-order valence-electron chi connectivity index (χ1n) is 13.9. The summed E-state index contributed by atoms with van der Waals surface area (Å²) in [6, 6.07) is 2.77. The smallest absolute Gasteiger partial charge is 0.0104 e. The van der Waals surface area contributed by atoms with Crippen molar-refractivity contribution in [2.75, 3.05) is 0 Å². The van der Waals surface area contributed by atoms with E-state index >= 15 is 0 Å². The van der Waals surface area contributed by atoms with Crippen molar-refractivity contribution in [1.29, 1.82) is 0 Å². The second kappa shape index (κ2) is 8.84. The lowest BCUT2D eigenvalue weighted by Crippen LogP contribution is -2.53. The zero-order valence-electron chi connectivity index (χ0n) is 19.8. The van der Waals surface area contributed by atoms with Crippen molar-refractivity contribution in [3.63, 3.8) is 0 Å². The van der Waals surface area contributed by atoms with Crippen LogP contribution in [0.3, 0.4) is 0 Å². The fourth-order valence-electron chi connectivity index (χ4n) is 9.28. The highest BCUT2D eigenvalue weighted by Crippen LogP contribution is 2.58. The molecule has 0 aromatic carbocycles. The molecule has 166 valence electrons. The minimum atomic E-state index is 0.921. The fourth-order valence-corrected chi connectivity index (χ4v) is 9.28. The maximum Gasteiger partial charge on any atom is 0.0104 e. The summed E-state index contributed by atoms with van der Waals surface area (Å²) in [7, 11) is 0. The van der Waals surface area contributed by atoms with Crippen LogP contribution in [0.5, 0.6) is 0 Å². The third-order valence-corrected chi connectivity index (χ3v) is 10.9. The molecule has 0 aromatic heterocycles. The molecule has 0 radical (unpaired) electrons. The van der Waals surface area contributed by atoms with E-state index in [2.05, 4.69) is 25.7 Å². The van der Waals surface area contributed by atoms with Crippen LogP contribution in [-0.4, -0.2) is 23.0 Å². The van der Waals surface area contributed by atoms with Gasteiger partial charge >= 0.3 is 0 Å². The topological polar surface area (TPSA) is 3.24 Å². The van der Waals surface area contributed by atoms with Gasteiger partial charge < -0.3 is 0 Å². The molecule has 0 aliphatic heterocycles. The average Bonchev–Trinajstić information content (AvgIpc) is 3.03. The van der Waals surface area contributed by atoms with Gasteiger partial charge in [0.15, 0.2) is 0 Å². The van der Waals surface area contributed by atoms with Gasteiger partial charge in [0, 0.05) is 18.1 Å². The Morgan fingerprint density at radius 2 is 0.931 bits per heavy atom. The van der Waals surface area contributed by atoms with Crippen LogP contribution in [0.1, 0.15) is 117 Å². The largest absolute Gasteiger partial charge is 0.294 e. The minimum absolute atomic E-state index is 0.921. The Morgan fingerprint density at radius 1 is 0.448 bits per heavy atom. The van der Waals surface area contributed by atoms with Crippen LogP contribution in [-0.2, 0) is 0 Å². The molecule has 5 aliphatic carbocycles. The molecule has 0 aromatic rings. The molecule has 5 rings (SSSR count). The molecular weight excluding hydrogens is 350 g/mol. The van der Waals surface area contributed by atoms with Gasteiger partial charge in [-0.25, -0.2) is 0 Å².